The first-order chi connectivity index (χ1) is 9.52. The van der Waals surface area contributed by atoms with Crippen LogP contribution >= 0.6 is 0 Å². The Balaban J connectivity index is 2.39. The van der Waals surface area contributed by atoms with E-state index in [4.69, 9.17) is 5.73 Å². The SMILES string of the molecule is COC(=O)c1cccc(Nc2cc(F)ccc2C)c1N. The lowest BCUT2D eigenvalue weighted by Crippen LogP contribution is -2.08. The maximum absolute atomic E-state index is 13.3. The van der Waals surface area contributed by atoms with Crippen molar-refractivity contribution in [1.82, 2.24) is 0 Å². The summed E-state index contributed by atoms with van der Waals surface area (Å²) in [6.07, 6.45) is 0. The van der Waals surface area contributed by atoms with Gasteiger partial charge in [-0.05, 0) is 36.8 Å². The maximum Gasteiger partial charge on any atom is 0.340 e. The third kappa shape index (κ3) is 2.71. The number of rotatable bonds is 3. The number of carbonyl (C=O) groups is 1. The molecule has 2 aromatic carbocycles. The van der Waals surface area contributed by atoms with Crippen molar-refractivity contribution in [2.45, 2.75) is 6.92 Å². The summed E-state index contributed by atoms with van der Waals surface area (Å²) in [5, 5.41) is 3.03. The monoisotopic (exact) mass is 274 g/mol. The summed E-state index contributed by atoms with van der Waals surface area (Å²) < 4.78 is 17.9. The molecule has 0 amide bonds. The van der Waals surface area contributed by atoms with Gasteiger partial charge in [0.15, 0.2) is 0 Å². The Morgan fingerprint density at radius 1 is 1.25 bits per heavy atom. The lowest BCUT2D eigenvalue weighted by atomic mass is 10.1. The number of halogens is 1. The van der Waals surface area contributed by atoms with Crippen molar-refractivity contribution < 1.29 is 13.9 Å². The molecule has 0 heterocycles. The normalized spacial score (nSPS) is 10.2. The first kappa shape index (κ1) is 13.9. The van der Waals surface area contributed by atoms with Crippen molar-refractivity contribution in [3.63, 3.8) is 0 Å². The van der Waals surface area contributed by atoms with E-state index >= 15 is 0 Å². The van der Waals surface area contributed by atoms with Gasteiger partial charge in [0.1, 0.15) is 5.82 Å². The number of nitrogens with one attached hydrogen (secondary N) is 1. The fourth-order valence-electron chi connectivity index (χ4n) is 1.84. The molecule has 0 saturated carbocycles. The molecule has 0 aromatic heterocycles. The lowest BCUT2D eigenvalue weighted by molar-refractivity contribution is 0.0602. The number of methoxy groups -OCH3 is 1. The van der Waals surface area contributed by atoms with E-state index in [1.54, 1.807) is 24.3 Å². The number of esters is 1. The summed E-state index contributed by atoms with van der Waals surface area (Å²) >= 11 is 0. The number of carbonyl (C=O) groups excluding carboxylic acids is 1. The second kappa shape index (κ2) is 5.61. The molecule has 3 N–H and O–H groups in total. The number of nitrogens with two attached hydrogens (primary N) is 1. The first-order valence-electron chi connectivity index (χ1n) is 6.03. The third-order valence-electron chi connectivity index (χ3n) is 2.98. The molecule has 2 rings (SSSR count). The fraction of sp³-hybridized carbons (Fsp3) is 0.133. The van der Waals surface area contributed by atoms with Gasteiger partial charge >= 0.3 is 5.97 Å². The Morgan fingerprint density at radius 2 is 2.00 bits per heavy atom. The minimum absolute atomic E-state index is 0.267. The molecule has 5 heteroatoms. The fourth-order valence-corrected chi connectivity index (χ4v) is 1.84. The van der Waals surface area contributed by atoms with Crippen LogP contribution in [0.5, 0.6) is 0 Å². The number of anilines is 3. The van der Waals surface area contributed by atoms with Gasteiger partial charge in [-0.15, -0.1) is 0 Å². The molecule has 20 heavy (non-hydrogen) atoms. The van der Waals surface area contributed by atoms with Crippen LogP contribution in [0.4, 0.5) is 21.5 Å². The third-order valence-corrected chi connectivity index (χ3v) is 2.98. The minimum Gasteiger partial charge on any atom is -0.465 e. The molecule has 0 aliphatic heterocycles. The zero-order chi connectivity index (χ0) is 14.7. The van der Waals surface area contributed by atoms with Gasteiger partial charge in [-0.25, -0.2) is 9.18 Å². The van der Waals surface area contributed by atoms with Gasteiger partial charge in [0, 0.05) is 5.69 Å². The first-order valence-corrected chi connectivity index (χ1v) is 6.03. The Bertz CT molecular complexity index is 656. The highest BCUT2D eigenvalue weighted by Gasteiger charge is 2.13. The van der Waals surface area contributed by atoms with Crippen molar-refractivity contribution in [2.75, 3.05) is 18.2 Å². The summed E-state index contributed by atoms with van der Waals surface area (Å²) in [6, 6.07) is 9.39. The standard InChI is InChI=1S/C15H15FN2O2/c1-9-6-7-10(16)8-13(9)18-12-5-3-4-11(14(12)17)15(19)20-2/h3-8,18H,17H2,1-2H3. The molecule has 0 bridgehead atoms. The summed E-state index contributed by atoms with van der Waals surface area (Å²) in [5.41, 5.74) is 8.47. The molecule has 2 aromatic rings. The van der Waals surface area contributed by atoms with Gasteiger partial charge < -0.3 is 15.8 Å². The predicted octanol–water partition coefficient (Wildman–Crippen LogP) is 3.25. The Labute approximate surface area is 116 Å². The van der Waals surface area contributed by atoms with Crippen molar-refractivity contribution in [2.24, 2.45) is 0 Å². The van der Waals surface area contributed by atoms with Crippen LogP contribution in [0.3, 0.4) is 0 Å². The van der Waals surface area contributed by atoms with Crippen molar-refractivity contribution in [3.8, 4) is 0 Å². The molecule has 0 radical (unpaired) electrons. The second-order valence-electron chi connectivity index (χ2n) is 4.34. The predicted molar refractivity (Wildman–Crippen MR) is 76.6 cm³/mol. The summed E-state index contributed by atoms with van der Waals surface area (Å²) in [5.74, 6) is -0.858. The lowest BCUT2D eigenvalue weighted by Gasteiger charge is -2.13. The molecular formula is C15H15FN2O2. The summed E-state index contributed by atoms with van der Waals surface area (Å²) in [6.45, 7) is 1.85. The van der Waals surface area contributed by atoms with E-state index in [-0.39, 0.29) is 17.1 Å². The van der Waals surface area contributed by atoms with E-state index < -0.39 is 5.97 Å². The van der Waals surface area contributed by atoms with Crippen LogP contribution in [0.15, 0.2) is 36.4 Å². The second-order valence-corrected chi connectivity index (χ2v) is 4.34. The van der Waals surface area contributed by atoms with E-state index in [0.717, 1.165) is 5.56 Å². The van der Waals surface area contributed by atoms with Crippen LogP contribution in [0.1, 0.15) is 15.9 Å². The number of hydrogen-bond donors (Lipinski definition) is 2. The molecule has 0 aliphatic rings. The van der Waals surface area contributed by atoms with Crippen LogP contribution in [0.25, 0.3) is 0 Å². The van der Waals surface area contributed by atoms with Crippen molar-refractivity contribution in [3.05, 3.63) is 53.3 Å². The molecule has 0 atom stereocenters. The van der Waals surface area contributed by atoms with E-state index in [2.05, 4.69) is 10.1 Å². The number of ether oxygens (including phenoxy) is 1. The molecule has 0 saturated heterocycles. The van der Waals surface area contributed by atoms with Crippen LogP contribution in [0, 0.1) is 12.7 Å². The van der Waals surface area contributed by atoms with Crippen LogP contribution in [-0.4, -0.2) is 13.1 Å². The van der Waals surface area contributed by atoms with Gasteiger partial charge in [-0.1, -0.05) is 12.1 Å². The van der Waals surface area contributed by atoms with Gasteiger partial charge in [-0.2, -0.15) is 0 Å². The zero-order valence-electron chi connectivity index (χ0n) is 11.2. The number of aryl methyl sites for hydroxylation is 1. The quantitative estimate of drug-likeness (QED) is 0.666. The molecule has 104 valence electrons. The van der Waals surface area contributed by atoms with Crippen molar-refractivity contribution >= 4 is 23.0 Å². The molecule has 0 aliphatic carbocycles. The Kier molecular flexibility index (Phi) is 3.89. The van der Waals surface area contributed by atoms with E-state index in [1.807, 2.05) is 6.92 Å². The molecule has 0 spiro atoms. The largest absolute Gasteiger partial charge is 0.465 e. The van der Waals surface area contributed by atoms with Crippen molar-refractivity contribution in [1.29, 1.82) is 0 Å². The van der Waals surface area contributed by atoms with E-state index in [0.29, 0.717) is 11.4 Å². The smallest absolute Gasteiger partial charge is 0.340 e. The van der Waals surface area contributed by atoms with Gasteiger partial charge in [0.2, 0.25) is 0 Å². The van der Waals surface area contributed by atoms with E-state index in [1.165, 1.54) is 19.2 Å². The Hall–Kier alpha value is -2.56. The molecule has 4 nitrogen and oxygen atoms in total. The van der Waals surface area contributed by atoms with Gasteiger partial charge in [-0.3, -0.25) is 0 Å². The van der Waals surface area contributed by atoms with Gasteiger partial charge in [0.25, 0.3) is 0 Å². The van der Waals surface area contributed by atoms with Crippen LogP contribution < -0.4 is 11.1 Å². The van der Waals surface area contributed by atoms with Crippen LogP contribution in [-0.2, 0) is 4.74 Å². The average Bonchev–Trinajstić information content (AvgIpc) is 2.44. The molecule has 0 fully saturated rings. The minimum atomic E-state index is -0.512. The molecule has 0 unspecified atom stereocenters. The highest BCUT2D eigenvalue weighted by Crippen LogP contribution is 2.28. The average molecular weight is 274 g/mol. The highest BCUT2D eigenvalue weighted by atomic mass is 19.1. The Morgan fingerprint density at radius 3 is 2.70 bits per heavy atom. The van der Waals surface area contributed by atoms with Crippen LogP contribution in [0.2, 0.25) is 0 Å². The zero-order valence-corrected chi connectivity index (χ0v) is 11.2. The number of nitrogen functional groups attached to an aromatic ring is 1. The molecular weight excluding hydrogens is 259 g/mol. The topological polar surface area (TPSA) is 64.3 Å². The van der Waals surface area contributed by atoms with E-state index in [9.17, 15) is 9.18 Å². The number of para-hydroxylation sites is 1. The summed E-state index contributed by atoms with van der Waals surface area (Å²) in [4.78, 5) is 11.6. The number of benzene rings is 2. The number of hydrogen-bond acceptors (Lipinski definition) is 4. The maximum atomic E-state index is 13.3. The highest BCUT2D eigenvalue weighted by molar-refractivity contribution is 5.98. The summed E-state index contributed by atoms with van der Waals surface area (Å²) in [7, 11) is 1.29. The van der Waals surface area contributed by atoms with Gasteiger partial charge in [0.05, 0.1) is 24.0 Å².